The Hall–Kier alpha value is -5.81. The van der Waals surface area contributed by atoms with Crippen molar-refractivity contribution < 1.29 is 33.4 Å². The van der Waals surface area contributed by atoms with Crippen molar-refractivity contribution in [2.75, 3.05) is 81.3 Å². The highest BCUT2D eigenvalue weighted by atomic mass is 35.5. The number of carbonyl (C=O) groups excluding carboxylic acids is 4. The minimum Gasteiger partial charge on any atom is -0.457 e. The van der Waals surface area contributed by atoms with Crippen LogP contribution in [0.4, 0.5) is 0 Å². The summed E-state index contributed by atoms with van der Waals surface area (Å²) in [4.78, 5) is 75.3. The Bertz CT molecular complexity index is 2750. The quantitative estimate of drug-likeness (QED) is 0.0916. The first-order valence-electron chi connectivity index (χ1n) is 26.1. The molecule has 15 nitrogen and oxygen atoms in total. The number of halogens is 2. The van der Waals surface area contributed by atoms with Gasteiger partial charge in [0, 0.05) is 75.5 Å². The fourth-order valence-electron chi connectivity index (χ4n) is 10.9. The molecule has 75 heavy (non-hydrogen) atoms. The number of nitrogens with zero attached hydrogens (tertiary/aromatic N) is 7. The minimum absolute atomic E-state index is 0.0569. The lowest BCUT2D eigenvalue weighted by Gasteiger charge is -2.38. The number of methoxy groups -OCH3 is 1. The number of unbranched alkanes of at least 4 members (excludes halogenated alkanes) is 1. The molecule has 1 aromatic heterocycles. The van der Waals surface area contributed by atoms with Crippen molar-refractivity contribution in [3.8, 4) is 22.8 Å². The Kier molecular flexibility index (Phi) is 19.1. The number of rotatable bonds is 17. The molecular weight excluding hydrogens is 992 g/mol. The number of hydrogen-bond donors (Lipinski definition) is 1. The largest absolute Gasteiger partial charge is 0.457 e. The van der Waals surface area contributed by atoms with Gasteiger partial charge in [0.1, 0.15) is 29.4 Å². The van der Waals surface area contributed by atoms with Crippen LogP contribution in [0.25, 0.3) is 11.3 Å². The van der Waals surface area contributed by atoms with Crippen LogP contribution in [0.15, 0.2) is 97.2 Å². The van der Waals surface area contributed by atoms with Crippen molar-refractivity contribution in [1.29, 1.82) is 0 Å². The zero-order valence-corrected chi connectivity index (χ0v) is 45.7. The van der Waals surface area contributed by atoms with Crippen LogP contribution >= 0.6 is 23.2 Å². The van der Waals surface area contributed by atoms with Gasteiger partial charge < -0.3 is 43.7 Å². The van der Waals surface area contributed by atoms with Crippen molar-refractivity contribution in [3.63, 3.8) is 0 Å². The third-order valence-electron chi connectivity index (χ3n) is 15.1. The maximum Gasteiger partial charge on any atom is 0.247 e. The molecule has 0 radical (unpaired) electrons. The highest BCUT2D eigenvalue weighted by molar-refractivity contribution is 6.31. The van der Waals surface area contributed by atoms with Gasteiger partial charge in [-0.3, -0.25) is 24.1 Å². The molecule has 8 rings (SSSR count). The second-order valence-corrected chi connectivity index (χ2v) is 21.4. The summed E-state index contributed by atoms with van der Waals surface area (Å²) in [5.41, 5.74) is 5.64. The first kappa shape index (κ1) is 55.4. The molecule has 1 N–H and O–H groups in total. The minimum atomic E-state index is -1.11. The van der Waals surface area contributed by atoms with E-state index in [2.05, 4.69) is 36.8 Å². The summed E-state index contributed by atoms with van der Waals surface area (Å²) in [6.45, 7) is 4.44. The number of benzene rings is 4. The summed E-state index contributed by atoms with van der Waals surface area (Å²) in [5.74, 6) is -0.614. The number of nitrogens with one attached hydrogen (secondary N) is 1. The molecule has 17 heteroatoms. The van der Waals surface area contributed by atoms with Gasteiger partial charge in [-0.2, -0.15) is 0 Å². The predicted octanol–water partition coefficient (Wildman–Crippen LogP) is 7.86. The number of likely N-dealkylation sites (N-methyl/N-ethyl adjacent to an activating group) is 2. The van der Waals surface area contributed by atoms with Gasteiger partial charge in [0.15, 0.2) is 0 Å². The van der Waals surface area contributed by atoms with Crippen LogP contribution in [-0.4, -0.2) is 157 Å². The molecule has 5 atom stereocenters. The number of amides is 4. The summed E-state index contributed by atoms with van der Waals surface area (Å²) in [7, 11) is 11.0. The molecule has 3 heterocycles. The second-order valence-electron chi connectivity index (χ2n) is 20.5. The van der Waals surface area contributed by atoms with Crippen molar-refractivity contribution >= 4 is 46.8 Å². The van der Waals surface area contributed by atoms with Gasteiger partial charge in [0.05, 0.1) is 56.8 Å². The maximum absolute atomic E-state index is 15.8. The van der Waals surface area contributed by atoms with E-state index in [-0.39, 0.29) is 56.2 Å². The van der Waals surface area contributed by atoms with Gasteiger partial charge in [-0.25, -0.2) is 4.98 Å². The van der Waals surface area contributed by atoms with Crippen LogP contribution in [0.2, 0.25) is 10.0 Å². The topological polar surface area (TPSA) is 142 Å². The summed E-state index contributed by atoms with van der Waals surface area (Å²) < 4.78 is 20.0. The average molecular weight is 1060 g/mol. The van der Waals surface area contributed by atoms with E-state index >= 15 is 14.4 Å². The number of imidazole rings is 1. The number of fused-ring (bicyclic) bond motifs is 1. The lowest BCUT2D eigenvalue weighted by Crippen LogP contribution is -2.59. The Morgan fingerprint density at radius 3 is 2.32 bits per heavy atom. The van der Waals surface area contributed by atoms with Crippen LogP contribution in [0.1, 0.15) is 66.1 Å². The smallest absolute Gasteiger partial charge is 0.247 e. The predicted molar refractivity (Wildman–Crippen MR) is 292 cm³/mol. The molecule has 2 fully saturated rings. The Balaban J connectivity index is 1.18. The fraction of sp³-hybridized carbons (Fsp3) is 0.466. The molecule has 3 aliphatic rings. The molecular formula is C58H72Cl2N8O7. The van der Waals surface area contributed by atoms with E-state index in [1.807, 2.05) is 81.9 Å². The highest BCUT2D eigenvalue weighted by Crippen LogP contribution is 2.42. The Morgan fingerprint density at radius 1 is 0.853 bits per heavy atom. The second kappa shape index (κ2) is 25.8. The summed E-state index contributed by atoms with van der Waals surface area (Å²) >= 11 is 13.0. The van der Waals surface area contributed by atoms with Crippen molar-refractivity contribution in [2.45, 2.75) is 82.1 Å². The zero-order valence-electron chi connectivity index (χ0n) is 44.2. The first-order chi connectivity index (χ1) is 36.2. The standard InChI is InChI=1S/C58H72Cl2N8O7/c1-63(2)37-54-61-34-52(66(54)5)41-17-23-46(24-18-41)75-53-32-44(60)22-16-42(53)35-68-51(13-9-10-26-67-27-29-74-30-28-67)56(70)62-50(38-73-6)58(72)65(4)45(31-39-14-20-43(59)21-15-39)36-64(3)57(71)49(33-55(68)69)48-25-19-40-11-7-8-12-47(40)48/h7-8,11-12,14-18,20-24,32,34,45,48-51H,9-10,13,19,25-31,33,35-38H2,1-6H3,(H,62,70)/t45-,48+,49+,50+,51+/m1/s1. The molecule has 0 spiro atoms. The van der Waals surface area contributed by atoms with Crippen molar-refractivity contribution in [3.05, 3.63) is 135 Å². The molecule has 400 valence electrons. The molecule has 4 aromatic carbocycles. The number of hydrogen-bond acceptors (Lipinski definition) is 10. The Morgan fingerprint density at radius 2 is 1.59 bits per heavy atom. The van der Waals surface area contributed by atoms with E-state index in [1.165, 1.54) is 7.11 Å². The number of carbonyl (C=O) groups is 4. The number of morpholine rings is 1. The highest BCUT2D eigenvalue weighted by Gasteiger charge is 2.42. The summed E-state index contributed by atoms with van der Waals surface area (Å²) in [5, 5.41) is 4.09. The summed E-state index contributed by atoms with van der Waals surface area (Å²) in [6.07, 6.45) is 5.19. The maximum atomic E-state index is 15.8. The molecule has 2 saturated heterocycles. The monoisotopic (exact) mass is 1060 g/mol. The van der Waals surface area contributed by atoms with Gasteiger partial charge in [-0.1, -0.05) is 65.7 Å². The van der Waals surface area contributed by atoms with E-state index in [9.17, 15) is 4.79 Å². The van der Waals surface area contributed by atoms with Crippen LogP contribution in [0, 0.1) is 5.92 Å². The van der Waals surface area contributed by atoms with E-state index in [0.29, 0.717) is 66.1 Å². The molecule has 0 unspecified atom stereocenters. The first-order valence-corrected chi connectivity index (χ1v) is 26.9. The van der Waals surface area contributed by atoms with Crippen LogP contribution in [0.3, 0.4) is 0 Å². The molecule has 1 aliphatic carbocycles. The van der Waals surface area contributed by atoms with Gasteiger partial charge in [-0.15, -0.1) is 0 Å². The van der Waals surface area contributed by atoms with E-state index in [1.54, 1.807) is 53.1 Å². The van der Waals surface area contributed by atoms with E-state index in [4.69, 9.17) is 37.4 Å². The van der Waals surface area contributed by atoms with Gasteiger partial charge >= 0.3 is 0 Å². The molecule has 0 bridgehead atoms. The third kappa shape index (κ3) is 14.0. The van der Waals surface area contributed by atoms with E-state index in [0.717, 1.165) is 66.2 Å². The molecule has 5 aromatic rings. The summed E-state index contributed by atoms with van der Waals surface area (Å²) in [6, 6.07) is 25.9. The SMILES string of the molecule is COC[C@@H]1NC(=O)[C@H](CCCCN2CCOCC2)N(Cc2ccc(Cl)cc2Oc2ccc(-c3cnc(CN(C)C)n3C)cc2)C(=O)C[C@@H]([C@H]2CCc3ccccc32)C(=O)N(C)C[C@@H](Cc2ccc(Cl)cc2)N(C)C1=O. The van der Waals surface area contributed by atoms with Gasteiger partial charge in [-0.05, 0) is 130 Å². The fourth-order valence-corrected chi connectivity index (χ4v) is 11.1. The lowest BCUT2D eigenvalue weighted by molar-refractivity contribution is -0.149. The molecule has 4 amide bonds. The average Bonchev–Trinajstić information content (AvgIpc) is 4.00. The Labute approximate surface area is 452 Å². The van der Waals surface area contributed by atoms with Crippen LogP contribution < -0.4 is 10.1 Å². The lowest BCUT2D eigenvalue weighted by atomic mass is 9.83. The van der Waals surface area contributed by atoms with Crippen LogP contribution in [0.5, 0.6) is 11.5 Å². The van der Waals surface area contributed by atoms with Gasteiger partial charge in [0.2, 0.25) is 23.6 Å². The number of aryl methyl sites for hydroxylation is 1. The zero-order chi connectivity index (χ0) is 53.2. The van der Waals surface area contributed by atoms with Crippen LogP contribution in [-0.2, 0) is 61.6 Å². The molecule has 2 aliphatic heterocycles. The van der Waals surface area contributed by atoms with E-state index < -0.39 is 30.0 Å². The normalized spacial score (nSPS) is 21.4. The van der Waals surface area contributed by atoms with Gasteiger partial charge in [0.25, 0.3) is 0 Å². The third-order valence-corrected chi connectivity index (χ3v) is 15.5. The van der Waals surface area contributed by atoms with Crippen molar-refractivity contribution in [2.24, 2.45) is 13.0 Å². The number of ether oxygens (including phenoxy) is 3. The molecule has 0 saturated carbocycles. The van der Waals surface area contributed by atoms with Crippen molar-refractivity contribution in [1.82, 2.24) is 39.4 Å². The number of aromatic nitrogens is 2.